The number of anilines is 1. The molecule has 10 heteroatoms. The van der Waals surface area contributed by atoms with E-state index in [1.165, 1.54) is 0 Å². The number of rotatable bonds is 20. The molecule has 0 aliphatic heterocycles. The highest BCUT2D eigenvalue weighted by atomic mass is 16.5. The number of ether oxygens (including phenoxy) is 3. The molecule has 6 N–H and O–H groups in total. The largest absolute Gasteiger partial charge is 0.504 e. The first-order valence-corrected chi connectivity index (χ1v) is 18.9. The molecule has 0 saturated heterocycles. The number of phenolic OH excluding ortho intramolecular Hbond substituents is 2. The van der Waals surface area contributed by atoms with E-state index in [1.807, 2.05) is 37.4 Å². The molecule has 3 atom stereocenters. The third-order valence-corrected chi connectivity index (χ3v) is 10.9. The molecule has 0 aromatic heterocycles. The number of aliphatic imine (C=N–C) groups is 1. The molecular formula is C41H62N4O6. The zero-order valence-corrected chi connectivity index (χ0v) is 31.6. The molecule has 2 fully saturated rings. The number of aromatic hydroxyl groups is 2. The van der Waals surface area contributed by atoms with Crippen molar-refractivity contribution in [3.63, 3.8) is 0 Å². The van der Waals surface area contributed by atoms with E-state index in [0.29, 0.717) is 49.1 Å². The topological polar surface area (TPSA) is 148 Å². The van der Waals surface area contributed by atoms with Crippen LogP contribution in [0.15, 0.2) is 47.5 Å². The predicted molar refractivity (Wildman–Crippen MR) is 205 cm³/mol. The molecule has 0 unspecified atom stereocenters. The highest BCUT2D eigenvalue weighted by molar-refractivity contribution is 5.95. The SMILES string of the molecule is CCCCC[C@H](/C=C/C(=O)C1(Cc2ccc(O)c(OC)c2)CCCC1)Cc1cc(NC(N)=NC)c(O)c(O[C@]2(CNC)CC[C@@H](CCOC)C2)c1. The smallest absolute Gasteiger partial charge is 0.192 e. The van der Waals surface area contributed by atoms with Gasteiger partial charge in [0.1, 0.15) is 5.60 Å². The molecule has 4 rings (SSSR count). The first-order chi connectivity index (χ1) is 24.6. The van der Waals surface area contributed by atoms with Crippen molar-refractivity contribution in [1.29, 1.82) is 0 Å². The van der Waals surface area contributed by atoms with E-state index in [0.717, 1.165) is 88.2 Å². The lowest BCUT2D eigenvalue weighted by Gasteiger charge is -2.32. The number of nitrogens with two attached hydrogens (primary N) is 1. The Bertz CT molecular complexity index is 1490. The number of guanidine groups is 1. The molecule has 0 heterocycles. The number of hydrogen-bond donors (Lipinski definition) is 5. The molecule has 0 spiro atoms. The number of phenols is 2. The highest BCUT2D eigenvalue weighted by Gasteiger charge is 2.42. The Morgan fingerprint density at radius 1 is 1.10 bits per heavy atom. The van der Waals surface area contributed by atoms with E-state index >= 15 is 0 Å². The third-order valence-electron chi connectivity index (χ3n) is 10.9. The van der Waals surface area contributed by atoms with E-state index in [-0.39, 0.29) is 29.2 Å². The van der Waals surface area contributed by atoms with Gasteiger partial charge in [0.25, 0.3) is 0 Å². The lowest BCUT2D eigenvalue weighted by Crippen LogP contribution is -2.42. The minimum atomic E-state index is -0.468. The average molecular weight is 707 g/mol. The molecule has 0 bridgehead atoms. The van der Waals surface area contributed by atoms with Crippen LogP contribution in [0.5, 0.6) is 23.0 Å². The summed E-state index contributed by atoms with van der Waals surface area (Å²) in [6, 6.07) is 9.25. The van der Waals surface area contributed by atoms with Crippen molar-refractivity contribution in [3.8, 4) is 23.0 Å². The van der Waals surface area contributed by atoms with Crippen molar-refractivity contribution in [2.24, 2.45) is 28.0 Å². The van der Waals surface area contributed by atoms with E-state index in [2.05, 4.69) is 28.6 Å². The molecule has 2 aliphatic rings. The van der Waals surface area contributed by atoms with Gasteiger partial charge in [-0.3, -0.25) is 9.79 Å². The molecule has 2 aliphatic carbocycles. The normalized spacial score (nSPS) is 20.9. The zero-order valence-electron chi connectivity index (χ0n) is 31.6. The quantitative estimate of drug-likeness (QED) is 0.0315. The summed E-state index contributed by atoms with van der Waals surface area (Å²) >= 11 is 0. The van der Waals surface area contributed by atoms with Gasteiger partial charge in [0.05, 0.1) is 12.8 Å². The monoisotopic (exact) mass is 706 g/mol. The maximum Gasteiger partial charge on any atom is 0.192 e. The summed E-state index contributed by atoms with van der Waals surface area (Å²) in [6.45, 7) is 3.57. The van der Waals surface area contributed by atoms with Gasteiger partial charge in [-0.05, 0) is 118 Å². The Morgan fingerprint density at radius 3 is 2.55 bits per heavy atom. The second kappa shape index (κ2) is 19.2. The second-order valence-electron chi connectivity index (χ2n) is 14.8. The van der Waals surface area contributed by atoms with Crippen molar-refractivity contribution in [2.45, 2.75) is 102 Å². The van der Waals surface area contributed by atoms with Crippen LogP contribution in [0.25, 0.3) is 0 Å². The van der Waals surface area contributed by atoms with Gasteiger partial charge in [-0.1, -0.05) is 51.2 Å². The number of ketones is 1. The standard InChI is InChI=1S/C41H62N4O6/c1-6-7-8-11-29(13-15-37(47)40(18-9-10-19-40)26-31-12-14-34(46)35(24-31)50-5)22-32-23-33(45-39(42)44-3)38(48)36(25-32)51-41(28-43-2)20-16-30(27-41)17-21-49-4/h12-15,23-25,29-30,43,46,48H,6-11,16-22,26-28H2,1-5H3,(H3,42,44,45)/b15-13+/t29-,30+,41-/m1/s1. The maximum absolute atomic E-state index is 14.1. The van der Waals surface area contributed by atoms with Crippen LogP contribution in [0.4, 0.5) is 5.69 Å². The number of allylic oxidation sites excluding steroid dienone is 2. The van der Waals surface area contributed by atoms with E-state index in [1.54, 1.807) is 27.3 Å². The van der Waals surface area contributed by atoms with Gasteiger partial charge in [0.15, 0.2) is 34.7 Å². The van der Waals surface area contributed by atoms with Crippen LogP contribution in [0.1, 0.15) is 95.1 Å². The minimum absolute atomic E-state index is 0.00320. The number of hydrogen-bond acceptors (Lipinski definition) is 8. The molecule has 10 nitrogen and oxygen atoms in total. The van der Waals surface area contributed by atoms with Crippen LogP contribution in [0.3, 0.4) is 0 Å². The number of carbonyl (C=O) groups is 1. The van der Waals surface area contributed by atoms with Crippen LogP contribution in [0, 0.1) is 17.3 Å². The fraction of sp³-hybridized carbons (Fsp3) is 0.610. The van der Waals surface area contributed by atoms with E-state index < -0.39 is 11.0 Å². The summed E-state index contributed by atoms with van der Waals surface area (Å²) in [5, 5.41) is 28.0. The number of methoxy groups -OCH3 is 2. The molecule has 0 amide bonds. The maximum atomic E-state index is 14.1. The van der Waals surface area contributed by atoms with Gasteiger partial charge < -0.3 is 40.8 Å². The van der Waals surface area contributed by atoms with Crippen molar-refractivity contribution in [1.82, 2.24) is 5.32 Å². The summed E-state index contributed by atoms with van der Waals surface area (Å²) < 4.78 is 17.5. The fourth-order valence-electron chi connectivity index (χ4n) is 8.13. The molecule has 0 radical (unpaired) electrons. The van der Waals surface area contributed by atoms with Gasteiger partial charge in [0, 0.05) is 32.7 Å². The predicted octanol–water partition coefficient (Wildman–Crippen LogP) is 7.30. The van der Waals surface area contributed by atoms with Crippen molar-refractivity contribution in [3.05, 3.63) is 53.6 Å². The lowest BCUT2D eigenvalue weighted by molar-refractivity contribution is -0.123. The molecule has 2 saturated carbocycles. The lowest BCUT2D eigenvalue weighted by atomic mass is 9.75. The van der Waals surface area contributed by atoms with Crippen LogP contribution < -0.4 is 25.8 Å². The Hall–Kier alpha value is -3.76. The second-order valence-corrected chi connectivity index (χ2v) is 14.8. The average Bonchev–Trinajstić information content (AvgIpc) is 3.76. The van der Waals surface area contributed by atoms with Gasteiger partial charge in [0.2, 0.25) is 0 Å². The van der Waals surface area contributed by atoms with Crippen LogP contribution >= 0.6 is 0 Å². The number of nitrogens with one attached hydrogen (secondary N) is 2. The number of carbonyl (C=O) groups excluding carboxylic acids is 1. The summed E-state index contributed by atoms with van der Waals surface area (Å²) in [5.41, 5.74) is 7.57. The number of likely N-dealkylation sites (N-methyl/N-ethyl adjacent to an activating group) is 1. The van der Waals surface area contributed by atoms with Crippen LogP contribution in [-0.2, 0) is 22.4 Å². The molecule has 2 aromatic rings. The first-order valence-electron chi connectivity index (χ1n) is 18.9. The van der Waals surface area contributed by atoms with Crippen molar-refractivity contribution < 1.29 is 29.2 Å². The Kier molecular flexibility index (Phi) is 15.1. The molecular weight excluding hydrogens is 644 g/mol. The summed E-state index contributed by atoms with van der Waals surface area (Å²) in [6.07, 6.45) is 16.9. The Morgan fingerprint density at radius 2 is 1.86 bits per heavy atom. The Balaban J connectivity index is 1.62. The molecule has 51 heavy (non-hydrogen) atoms. The van der Waals surface area contributed by atoms with Gasteiger partial charge >= 0.3 is 0 Å². The first kappa shape index (κ1) is 40.0. The van der Waals surface area contributed by atoms with Crippen molar-refractivity contribution in [2.75, 3.05) is 46.8 Å². The van der Waals surface area contributed by atoms with E-state index in [9.17, 15) is 15.0 Å². The number of nitrogens with zero attached hydrogens (tertiary/aromatic N) is 1. The van der Waals surface area contributed by atoms with Gasteiger partial charge in [-0.2, -0.15) is 0 Å². The fourth-order valence-corrected chi connectivity index (χ4v) is 8.13. The molecule has 2 aromatic carbocycles. The third kappa shape index (κ3) is 10.9. The van der Waals surface area contributed by atoms with Crippen LogP contribution in [-0.4, -0.2) is 69.0 Å². The minimum Gasteiger partial charge on any atom is -0.504 e. The van der Waals surface area contributed by atoms with Gasteiger partial charge in [-0.25, -0.2) is 0 Å². The Labute approximate surface area is 305 Å². The summed E-state index contributed by atoms with van der Waals surface area (Å²) in [4.78, 5) is 18.2. The van der Waals surface area contributed by atoms with Crippen LogP contribution in [0.2, 0.25) is 0 Å². The zero-order chi connectivity index (χ0) is 36.9. The number of benzene rings is 2. The summed E-state index contributed by atoms with van der Waals surface area (Å²) in [7, 11) is 6.81. The van der Waals surface area contributed by atoms with Gasteiger partial charge in [-0.15, -0.1) is 0 Å². The number of unbranched alkanes of at least 4 members (excludes halogenated alkanes) is 2. The summed E-state index contributed by atoms with van der Waals surface area (Å²) in [5.74, 6) is 1.88. The molecule has 282 valence electrons. The van der Waals surface area contributed by atoms with E-state index in [4.69, 9.17) is 19.9 Å². The van der Waals surface area contributed by atoms with Crippen molar-refractivity contribution >= 4 is 17.4 Å². The highest BCUT2D eigenvalue weighted by Crippen LogP contribution is 2.45.